The Labute approximate surface area is 217 Å². The maximum absolute atomic E-state index is 13.6. The van der Waals surface area contributed by atoms with Crippen LogP contribution in [-0.2, 0) is 20.7 Å². The van der Waals surface area contributed by atoms with Crippen molar-refractivity contribution in [3.8, 4) is 17.2 Å². The van der Waals surface area contributed by atoms with E-state index in [2.05, 4.69) is 0 Å². The summed E-state index contributed by atoms with van der Waals surface area (Å²) in [5, 5.41) is 44.1. The van der Waals surface area contributed by atoms with E-state index in [4.69, 9.17) is 19.9 Å². The van der Waals surface area contributed by atoms with Crippen LogP contribution >= 0.6 is 0 Å². The van der Waals surface area contributed by atoms with Gasteiger partial charge in [-0.05, 0) is 19.9 Å². The summed E-state index contributed by atoms with van der Waals surface area (Å²) < 4.78 is 17.1. The molecule has 2 aromatic rings. The number of phenolic OH excluding ortho intramolecular Hbond substituents is 2. The van der Waals surface area contributed by atoms with E-state index in [1.807, 2.05) is 0 Å². The first-order valence-electron chi connectivity index (χ1n) is 12.2. The Kier molecular flexibility index (Phi) is 6.32. The summed E-state index contributed by atoms with van der Waals surface area (Å²) in [7, 11) is 1.34. The summed E-state index contributed by atoms with van der Waals surface area (Å²) >= 11 is 0. The van der Waals surface area contributed by atoms with Crippen molar-refractivity contribution in [2.24, 2.45) is 5.73 Å². The molecule has 1 saturated heterocycles. The van der Waals surface area contributed by atoms with Crippen LogP contribution in [0.5, 0.6) is 17.2 Å². The summed E-state index contributed by atoms with van der Waals surface area (Å²) in [6.45, 7) is 2.79. The van der Waals surface area contributed by atoms with Crippen molar-refractivity contribution in [2.45, 2.75) is 69.4 Å². The van der Waals surface area contributed by atoms with E-state index in [-0.39, 0.29) is 40.8 Å². The van der Waals surface area contributed by atoms with Gasteiger partial charge in [0.2, 0.25) is 5.78 Å². The summed E-state index contributed by atoms with van der Waals surface area (Å²) in [5.74, 6) is -3.18. The second-order valence-electron chi connectivity index (χ2n) is 10.1. The number of aromatic hydroxyl groups is 2. The highest BCUT2D eigenvalue weighted by molar-refractivity contribution is 6.31. The number of hydrogen-bond donors (Lipinski definition) is 5. The van der Waals surface area contributed by atoms with Gasteiger partial charge in [0.25, 0.3) is 0 Å². The zero-order valence-corrected chi connectivity index (χ0v) is 21.1. The van der Waals surface area contributed by atoms with Crippen LogP contribution in [0.25, 0.3) is 0 Å². The van der Waals surface area contributed by atoms with Gasteiger partial charge in [0.1, 0.15) is 22.8 Å². The monoisotopic (exact) mass is 527 g/mol. The largest absolute Gasteiger partial charge is 0.507 e. The number of nitrogens with two attached hydrogens (primary N) is 1. The third-order valence-corrected chi connectivity index (χ3v) is 7.80. The average Bonchev–Trinajstić information content (AvgIpc) is 2.87. The van der Waals surface area contributed by atoms with Crippen molar-refractivity contribution >= 4 is 17.3 Å². The van der Waals surface area contributed by atoms with E-state index in [1.165, 1.54) is 32.2 Å². The molecule has 0 radical (unpaired) electrons. The van der Waals surface area contributed by atoms with Gasteiger partial charge in [-0.25, -0.2) is 0 Å². The van der Waals surface area contributed by atoms with Crippen molar-refractivity contribution in [3.63, 3.8) is 0 Å². The van der Waals surface area contributed by atoms with Gasteiger partial charge in [0, 0.05) is 42.0 Å². The van der Waals surface area contributed by atoms with E-state index < -0.39 is 82.6 Å². The number of phenols is 2. The first-order valence-corrected chi connectivity index (χ1v) is 12.2. The number of methoxy groups -OCH3 is 1. The van der Waals surface area contributed by atoms with Crippen LogP contribution in [0.4, 0.5) is 0 Å². The number of aliphatic hydroxyl groups excluding tert-OH is 1. The standard InChI is InChI=1S/C27H29NO10/c1-10-22(30)14(28)7-17(37-10)38-16-9-27(35,11(2)29)8-13-19(16)26(34)21-20(24(13)32)23(31)12-5-4-6-15(36-3)18(12)25(21)33/h4-6,10,14,16-17,22,30,32,34-35H,7-9,28H2,1-3H3/t10-,14-,16-,17-,22-,27+/m0/s1. The van der Waals surface area contributed by atoms with E-state index in [9.17, 15) is 34.8 Å². The quantitative estimate of drug-likeness (QED) is 0.305. The number of carbonyl (C=O) groups excluding carboxylic acids is 3. The van der Waals surface area contributed by atoms with Crippen LogP contribution in [0.15, 0.2) is 18.2 Å². The number of Topliss-reactive ketones (excluding diaryl/α,β-unsaturated/α-hetero) is 1. The number of rotatable bonds is 4. The molecule has 202 valence electrons. The molecule has 6 atom stereocenters. The second-order valence-corrected chi connectivity index (χ2v) is 10.1. The highest BCUT2D eigenvalue weighted by atomic mass is 16.7. The molecule has 2 aliphatic carbocycles. The number of carbonyl (C=O) groups is 3. The van der Waals surface area contributed by atoms with Gasteiger partial charge in [-0.2, -0.15) is 0 Å². The Morgan fingerprint density at radius 2 is 1.82 bits per heavy atom. The van der Waals surface area contributed by atoms with Gasteiger partial charge >= 0.3 is 0 Å². The summed E-state index contributed by atoms with van der Waals surface area (Å²) in [5.41, 5.74) is 2.97. The fourth-order valence-electron chi connectivity index (χ4n) is 5.66. The predicted molar refractivity (Wildman–Crippen MR) is 130 cm³/mol. The van der Waals surface area contributed by atoms with Crippen molar-refractivity contribution in [1.29, 1.82) is 0 Å². The molecule has 11 heteroatoms. The van der Waals surface area contributed by atoms with Gasteiger partial charge in [-0.15, -0.1) is 0 Å². The molecule has 2 aromatic carbocycles. The predicted octanol–water partition coefficient (Wildman–Crippen LogP) is 1.03. The summed E-state index contributed by atoms with van der Waals surface area (Å²) in [4.78, 5) is 39.6. The minimum absolute atomic E-state index is 0.0147. The van der Waals surface area contributed by atoms with E-state index in [1.54, 1.807) is 6.92 Å². The van der Waals surface area contributed by atoms with Crippen LogP contribution in [-0.4, -0.2) is 75.0 Å². The third-order valence-electron chi connectivity index (χ3n) is 7.80. The summed E-state index contributed by atoms with van der Waals surface area (Å²) in [6.07, 6.45) is -4.53. The Morgan fingerprint density at radius 3 is 2.45 bits per heavy atom. The first kappa shape index (κ1) is 26.3. The lowest BCUT2D eigenvalue weighted by Gasteiger charge is -2.42. The smallest absolute Gasteiger partial charge is 0.202 e. The minimum atomic E-state index is -2.00. The van der Waals surface area contributed by atoms with E-state index in [0.717, 1.165) is 0 Å². The number of benzene rings is 2. The number of aliphatic hydroxyl groups is 2. The van der Waals surface area contributed by atoms with Gasteiger partial charge < -0.3 is 40.4 Å². The van der Waals surface area contributed by atoms with Crippen molar-refractivity contribution in [3.05, 3.63) is 51.6 Å². The Balaban J connectivity index is 1.68. The number of fused-ring (bicyclic) bond motifs is 3. The van der Waals surface area contributed by atoms with Crippen LogP contribution in [0.2, 0.25) is 0 Å². The number of ether oxygens (including phenoxy) is 3. The highest BCUT2D eigenvalue weighted by Crippen LogP contribution is 2.52. The molecule has 38 heavy (non-hydrogen) atoms. The molecule has 0 spiro atoms. The fraction of sp³-hybridized carbons (Fsp3) is 0.444. The summed E-state index contributed by atoms with van der Waals surface area (Å²) in [6, 6.07) is 3.75. The molecule has 6 N–H and O–H groups in total. The topological polar surface area (TPSA) is 186 Å². The first-order chi connectivity index (χ1) is 17.9. The van der Waals surface area contributed by atoms with Gasteiger partial charge in [-0.1, -0.05) is 12.1 Å². The molecule has 0 aromatic heterocycles. The maximum Gasteiger partial charge on any atom is 0.202 e. The lowest BCUT2D eigenvalue weighted by Crippen LogP contribution is -2.52. The van der Waals surface area contributed by atoms with E-state index >= 15 is 0 Å². The lowest BCUT2D eigenvalue weighted by molar-refractivity contribution is -0.247. The number of ketones is 3. The minimum Gasteiger partial charge on any atom is -0.507 e. The second kappa shape index (κ2) is 9.14. The molecular formula is C27H29NO10. The SMILES string of the molecule is COc1cccc2c1C(=O)c1c(O)c3c(c(O)c1C2=O)C[C@](O)(C(C)=O)C[C@@H]3O[C@H]1C[C@H](N)[C@@H](O)[C@H](C)O1. The fourth-order valence-corrected chi connectivity index (χ4v) is 5.66. The Hall–Kier alpha value is -3.35. The Bertz CT molecular complexity index is 1360. The van der Waals surface area contributed by atoms with Gasteiger partial charge in [0.05, 0.1) is 42.1 Å². The van der Waals surface area contributed by atoms with Crippen molar-refractivity contribution in [2.75, 3.05) is 7.11 Å². The van der Waals surface area contributed by atoms with Crippen LogP contribution in [0.3, 0.4) is 0 Å². The normalized spacial score (nSPS) is 30.3. The molecule has 5 rings (SSSR count). The third kappa shape index (κ3) is 3.81. The van der Waals surface area contributed by atoms with E-state index in [0.29, 0.717) is 0 Å². The van der Waals surface area contributed by atoms with Crippen LogP contribution in [0.1, 0.15) is 75.8 Å². The molecule has 0 amide bonds. The molecule has 0 saturated carbocycles. The molecule has 1 aliphatic heterocycles. The van der Waals surface area contributed by atoms with Gasteiger partial charge in [0.15, 0.2) is 17.9 Å². The molecule has 0 unspecified atom stereocenters. The molecule has 1 heterocycles. The molecule has 11 nitrogen and oxygen atoms in total. The zero-order chi connectivity index (χ0) is 27.7. The van der Waals surface area contributed by atoms with Crippen LogP contribution < -0.4 is 10.5 Å². The van der Waals surface area contributed by atoms with Crippen molar-refractivity contribution in [1.82, 2.24) is 0 Å². The molecular weight excluding hydrogens is 498 g/mol. The molecule has 3 aliphatic rings. The zero-order valence-electron chi connectivity index (χ0n) is 21.1. The van der Waals surface area contributed by atoms with Crippen molar-refractivity contribution < 1.29 is 49.0 Å². The number of hydrogen-bond acceptors (Lipinski definition) is 11. The maximum atomic E-state index is 13.6. The molecule has 1 fully saturated rings. The highest BCUT2D eigenvalue weighted by Gasteiger charge is 2.49. The van der Waals surface area contributed by atoms with Gasteiger partial charge in [-0.3, -0.25) is 14.4 Å². The lowest BCUT2D eigenvalue weighted by atomic mass is 9.72. The average molecular weight is 528 g/mol. The molecule has 0 bridgehead atoms. The van der Waals surface area contributed by atoms with Crippen LogP contribution in [0, 0.1) is 0 Å². The Morgan fingerprint density at radius 1 is 1.13 bits per heavy atom.